The highest BCUT2D eigenvalue weighted by Gasteiger charge is 2.42. The zero-order chi connectivity index (χ0) is 13.2. The fourth-order valence-corrected chi connectivity index (χ4v) is 3.19. The zero-order valence-electron chi connectivity index (χ0n) is 11.0. The zero-order valence-corrected chi connectivity index (χ0v) is 11.0. The first-order valence-electron chi connectivity index (χ1n) is 6.89. The average molecular weight is 264 g/mol. The fraction of sp³-hybridized carbons (Fsp3) is 1.00. The van der Waals surface area contributed by atoms with Crippen molar-refractivity contribution in [2.75, 3.05) is 32.7 Å². The number of likely N-dealkylation sites (tertiary alicyclic amines) is 1. The van der Waals surface area contributed by atoms with Crippen LogP contribution in [0.5, 0.6) is 0 Å². The van der Waals surface area contributed by atoms with E-state index in [4.69, 9.17) is 0 Å². The first-order chi connectivity index (χ1) is 8.39. The molecule has 0 saturated carbocycles. The van der Waals surface area contributed by atoms with Gasteiger partial charge in [-0.2, -0.15) is 13.2 Å². The summed E-state index contributed by atoms with van der Waals surface area (Å²) in [6.07, 6.45) is -0.898. The van der Waals surface area contributed by atoms with Crippen LogP contribution >= 0.6 is 0 Å². The first kappa shape index (κ1) is 14.1. The summed E-state index contributed by atoms with van der Waals surface area (Å²) < 4.78 is 38.3. The van der Waals surface area contributed by atoms with Crippen molar-refractivity contribution >= 4 is 0 Å². The van der Waals surface area contributed by atoms with Crippen LogP contribution in [0.2, 0.25) is 0 Å². The quantitative estimate of drug-likeness (QED) is 0.825. The Balaban J connectivity index is 1.89. The molecular weight excluding hydrogens is 241 g/mol. The minimum absolute atomic E-state index is 0.193. The van der Waals surface area contributed by atoms with Gasteiger partial charge < -0.3 is 10.2 Å². The normalized spacial score (nSPS) is 30.3. The molecule has 0 aromatic rings. The molecule has 1 N–H and O–H groups in total. The predicted octanol–water partition coefficient (Wildman–Crippen LogP) is 2.65. The Kier molecular flexibility index (Phi) is 4.22. The molecule has 2 saturated heterocycles. The number of halogens is 3. The van der Waals surface area contributed by atoms with E-state index in [1.165, 1.54) is 0 Å². The standard InChI is InChI=1S/C13H23F3N2/c1-12(4-6-17-7-5-12)10-18-8-2-3-11(9-18)13(14,15)16/h11,17H,2-10H2,1H3. The van der Waals surface area contributed by atoms with E-state index in [0.29, 0.717) is 12.8 Å². The van der Waals surface area contributed by atoms with Gasteiger partial charge in [-0.25, -0.2) is 0 Å². The van der Waals surface area contributed by atoms with E-state index >= 15 is 0 Å². The Morgan fingerprint density at radius 1 is 1.28 bits per heavy atom. The summed E-state index contributed by atoms with van der Waals surface area (Å²) in [6, 6.07) is 0. The van der Waals surface area contributed by atoms with Crippen molar-refractivity contribution in [2.24, 2.45) is 11.3 Å². The number of hydrogen-bond acceptors (Lipinski definition) is 2. The van der Waals surface area contributed by atoms with E-state index in [1.807, 2.05) is 4.90 Å². The summed E-state index contributed by atoms with van der Waals surface area (Å²) in [5, 5.41) is 3.31. The Labute approximate surface area is 107 Å². The number of hydrogen-bond donors (Lipinski definition) is 1. The van der Waals surface area contributed by atoms with Crippen molar-refractivity contribution in [1.29, 1.82) is 0 Å². The third-order valence-electron chi connectivity index (χ3n) is 4.38. The van der Waals surface area contributed by atoms with Gasteiger partial charge in [0, 0.05) is 13.1 Å². The Morgan fingerprint density at radius 2 is 1.94 bits per heavy atom. The summed E-state index contributed by atoms with van der Waals surface area (Å²) in [5.41, 5.74) is 0.193. The summed E-state index contributed by atoms with van der Waals surface area (Å²) >= 11 is 0. The molecule has 1 atom stereocenters. The number of nitrogens with zero attached hydrogens (tertiary/aromatic N) is 1. The Bertz CT molecular complexity index is 272. The van der Waals surface area contributed by atoms with Crippen molar-refractivity contribution in [3.8, 4) is 0 Å². The second-order valence-electron chi connectivity index (χ2n) is 6.18. The summed E-state index contributed by atoms with van der Waals surface area (Å²) in [7, 11) is 0. The molecule has 2 aliphatic rings. The lowest BCUT2D eigenvalue weighted by Gasteiger charge is -2.42. The molecule has 0 aliphatic carbocycles. The molecule has 2 aliphatic heterocycles. The van der Waals surface area contributed by atoms with Gasteiger partial charge in [-0.3, -0.25) is 0 Å². The van der Waals surface area contributed by atoms with Gasteiger partial charge in [0.15, 0.2) is 0 Å². The van der Waals surface area contributed by atoms with E-state index in [0.717, 1.165) is 39.0 Å². The van der Waals surface area contributed by atoms with Gasteiger partial charge in [0.1, 0.15) is 0 Å². The Morgan fingerprint density at radius 3 is 2.56 bits per heavy atom. The van der Waals surface area contributed by atoms with Gasteiger partial charge in [0.05, 0.1) is 5.92 Å². The minimum atomic E-state index is -4.02. The molecule has 0 amide bonds. The number of piperidine rings is 2. The van der Waals surface area contributed by atoms with E-state index in [1.54, 1.807) is 0 Å². The van der Waals surface area contributed by atoms with Gasteiger partial charge in [-0.05, 0) is 50.7 Å². The molecule has 18 heavy (non-hydrogen) atoms. The van der Waals surface area contributed by atoms with Crippen LogP contribution in [0.4, 0.5) is 13.2 Å². The second kappa shape index (κ2) is 5.37. The second-order valence-corrected chi connectivity index (χ2v) is 6.18. The lowest BCUT2D eigenvalue weighted by atomic mass is 9.80. The number of rotatable bonds is 2. The highest BCUT2D eigenvalue weighted by molar-refractivity contribution is 4.86. The SMILES string of the molecule is CC1(CN2CCCC(C(F)(F)F)C2)CCNCC1. The minimum Gasteiger partial charge on any atom is -0.317 e. The maximum absolute atomic E-state index is 12.8. The molecule has 2 nitrogen and oxygen atoms in total. The van der Waals surface area contributed by atoms with Crippen LogP contribution in [0.25, 0.3) is 0 Å². The largest absolute Gasteiger partial charge is 0.393 e. The Hall–Kier alpha value is -0.290. The van der Waals surface area contributed by atoms with Crippen LogP contribution in [0, 0.1) is 11.3 Å². The maximum atomic E-state index is 12.8. The molecule has 0 aromatic heterocycles. The molecule has 2 heterocycles. The molecule has 0 spiro atoms. The van der Waals surface area contributed by atoms with Gasteiger partial charge in [-0.1, -0.05) is 6.92 Å². The van der Waals surface area contributed by atoms with E-state index in [-0.39, 0.29) is 12.0 Å². The van der Waals surface area contributed by atoms with Crippen molar-refractivity contribution < 1.29 is 13.2 Å². The molecule has 5 heteroatoms. The first-order valence-corrected chi connectivity index (χ1v) is 6.89. The van der Waals surface area contributed by atoms with Gasteiger partial charge in [-0.15, -0.1) is 0 Å². The van der Waals surface area contributed by atoms with Crippen LogP contribution in [0.3, 0.4) is 0 Å². The van der Waals surface area contributed by atoms with E-state index < -0.39 is 12.1 Å². The van der Waals surface area contributed by atoms with Gasteiger partial charge >= 0.3 is 6.18 Å². The molecular formula is C13H23F3N2. The molecule has 106 valence electrons. The molecule has 0 bridgehead atoms. The fourth-order valence-electron chi connectivity index (χ4n) is 3.19. The van der Waals surface area contributed by atoms with E-state index in [9.17, 15) is 13.2 Å². The topological polar surface area (TPSA) is 15.3 Å². The van der Waals surface area contributed by atoms with Crippen LogP contribution in [-0.2, 0) is 0 Å². The van der Waals surface area contributed by atoms with Crippen molar-refractivity contribution in [2.45, 2.75) is 38.8 Å². The third kappa shape index (κ3) is 3.60. The van der Waals surface area contributed by atoms with Gasteiger partial charge in [0.25, 0.3) is 0 Å². The number of alkyl halides is 3. The third-order valence-corrected chi connectivity index (χ3v) is 4.38. The predicted molar refractivity (Wildman–Crippen MR) is 65.4 cm³/mol. The summed E-state index contributed by atoms with van der Waals surface area (Å²) in [4.78, 5) is 2.03. The monoisotopic (exact) mass is 264 g/mol. The molecule has 0 radical (unpaired) electrons. The van der Waals surface area contributed by atoms with Crippen LogP contribution in [0.1, 0.15) is 32.6 Å². The average Bonchev–Trinajstić information content (AvgIpc) is 2.28. The molecule has 0 aromatic carbocycles. The summed E-state index contributed by atoms with van der Waals surface area (Å²) in [6.45, 7) is 6.05. The van der Waals surface area contributed by atoms with Crippen LogP contribution in [-0.4, -0.2) is 43.8 Å². The lowest BCUT2D eigenvalue weighted by molar-refractivity contribution is -0.188. The van der Waals surface area contributed by atoms with Crippen molar-refractivity contribution in [3.63, 3.8) is 0 Å². The van der Waals surface area contributed by atoms with Crippen molar-refractivity contribution in [3.05, 3.63) is 0 Å². The maximum Gasteiger partial charge on any atom is 0.393 e. The lowest BCUT2D eigenvalue weighted by Crippen LogP contribution is -2.48. The molecule has 2 fully saturated rings. The molecule has 1 unspecified atom stereocenters. The van der Waals surface area contributed by atoms with E-state index in [2.05, 4.69) is 12.2 Å². The molecule has 2 rings (SSSR count). The van der Waals surface area contributed by atoms with Crippen LogP contribution in [0.15, 0.2) is 0 Å². The highest BCUT2D eigenvalue weighted by Crippen LogP contribution is 2.35. The van der Waals surface area contributed by atoms with Gasteiger partial charge in [0.2, 0.25) is 0 Å². The van der Waals surface area contributed by atoms with Crippen molar-refractivity contribution in [1.82, 2.24) is 10.2 Å². The highest BCUT2D eigenvalue weighted by atomic mass is 19.4. The summed E-state index contributed by atoms with van der Waals surface area (Å²) in [5.74, 6) is -1.11. The smallest absolute Gasteiger partial charge is 0.317 e. The number of nitrogens with one attached hydrogen (secondary N) is 1. The van der Waals surface area contributed by atoms with Crippen LogP contribution < -0.4 is 5.32 Å².